The number of halogens is 2. The lowest BCUT2D eigenvalue weighted by atomic mass is 10.7. The first kappa shape index (κ1) is 7.00. The third-order valence-electron chi connectivity index (χ3n) is 1.14. The molecule has 0 fully saturated rings. The van der Waals surface area contributed by atoms with Crippen molar-refractivity contribution in [3.63, 3.8) is 0 Å². The van der Waals surface area contributed by atoms with Crippen molar-refractivity contribution in [2.45, 2.75) is 0 Å². The maximum Gasteiger partial charge on any atom is 0.253 e. The van der Waals surface area contributed by atoms with Crippen LogP contribution in [0.15, 0.2) is 17.1 Å². The molecule has 11 heavy (non-hydrogen) atoms. The van der Waals surface area contributed by atoms with Crippen LogP contribution >= 0.6 is 27.5 Å². The molecule has 2 aromatic heterocycles. The molecule has 0 aliphatic carbocycles. The average Bonchev–Trinajstić information content (AvgIpc) is 2.27. The summed E-state index contributed by atoms with van der Waals surface area (Å²) in [4.78, 5) is 7.88. The molecule has 0 saturated carbocycles. The summed E-state index contributed by atoms with van der Waals surface area (Å²) >= 11 is 8.78. The van der Waals surface area contributed by atoms with Crippen LogP contribution in [-0.2, 0) is 0 Å². The van der Waals surface area contributed by atoms with E-state index in [2.05, 4.69) is 31.0 Å². The molecule has 2 rings (SSSR count). The molecule has 0 aromatic carbocycles. The summed E-state index contributed by atoms with van der Waals surface area (Å²) in [5.74, 6) is 0.529. The highest BCUT2D eigenvalue weighted by molar-refractivity contribution is 9.10. The molecule has 56 valence electrons. The number of nitrogens with zero attached hydrogens (tertiary/aromatic N) is 4. The van der Waals surface area contributed by atoms with Gasteiger partial charge in [-0.05, 0) is 15.9 Å². The molecular weight excluding hydrogens is 231 g/mol. The lowest BCUT2D eigenvalue weighted by molar-refractivity contribution is 0.927. The Bertz CT molecular complexity index is 398. The first-order valence-corrected chi connectivity index (χ1v) is 3.96. The molecule has 6 heteroatoms. The summed E-state index contributed by atoms with van der Waals surface area (Å²) in [6, 6.07) is 0. The van der Waals surface area contributed by atoms with Gasteiger partial charge in [0.2, 0.25) is 4.73 Å². The molecule has 0 atom stereocenters. The van der Waals surface area contributed by atoms with E-state index in [0.29, 0.717) is 15.5 Å². The van der Waals surface area contributed by atoms with Gasteiger partial charge in [-0.1, -0.05) is 11.6 Å². The quantitative estimate of drug-likeness (QED) is 0.693. The Morgan fingerprint density at radius 3 is 3.18 bits per heavy atom. The number of aromatic nitrogens is 4. The summed E-state index contributed by atoms with van der Waals surface area (Å²) < 4.78 is 2.01. The monoisotopic (exact) mass is 232 g/mol. The molecule has 4 nitrogen and oxygen atoms in total. The highest BCUT2D eigenvalue weighted by atomic mass is 79.9. The lowest BCUT2D eigenvalue weighted by Crippen LogP contribution is -1.88. The number of hydrogen-bond acceptors (Lipinski definition) is 3. The fourth-order valence-electron chi connectivity index (χ4n) is 0.734. The predicted octanol–water partition coefficient (Wildman–Crippen LogP) is 1.54. The minimum absolute atomic E-state index is 0.507. The molecule has 0 bridgehead atoms. The van der Waals surface area contributed by atoms with Crippen LogP contribution in [0, 0.1) is 0 Å². The van der Waals surface area contributed by atoms with Crippen LogP contribution in [0.4, 0.5) is 0 Å². The van der Waals surface area contributed by atoms with Crippen molar-refractivity contribution in [2.24, 2.45) is 0 Å². The van der Waals surface area contributed by atoms with Crippen molar-refractivity contribution >= 4 is 33.3 Å². The number of rotatable bonds is 0. The molecule has 0 aliphatic heterocycles. The van der Waals surface area contributed by atoms with Crippen molar-refractivity contribution in [1.82, 2.24) is 19.6 Å². The molecule has 2 aromatic rings. The van der Waals surface area contributed by atoms with E-state index in [1.54, 1.807) is 6.20 Å². The van der Waals surface area contributed by atoms with Crippen molar-refractivity contribution in [1.29, 1.82) is 0 Å². The normalized spacial score (nSPS) is 10.7. The summed E-state index contributed by atoms with van der Waals surface area (Å²) in [5.41, 5.74) is 0. The fraction of sp³-hybridized carbons (Fsp3) is 0. The van der Waals surface area contributed by atoms with Gasteiger partial charge in [0, 0.05) is 0 Å². The van der Waals surface area contributed by atoms with Crippen LogP contribution in [0.2, 0.25) is 5.02 Å². The number of hydrogen-bond donors (Lipinski definition) is 0. The second-order valence-electron chi connectivity index (χ2n) is 1.90. The van der Waals surface area contributed by atoms with E-state index >= 15 is 0 Å². The van der Waals surface area contributed by atoms with Crippen LogP contribution in [0.5, 0.6) is 0 Å². The zero-order chi connectivity index (χ0) is 7.84. The topological polar surface area (TPSA) is 43.1 Å². The van der Waals surface area contributed by atoms with Gasteiger partial charge in [0.15, 0.2) is 0 Å². The van der Waals surface area contributed by atoms with E-state index in [1.807, 2.05) is 0 Å². The van der Waals surface area contributed by atoms with Crippen LogP contribution in [0.25, 0.3) is 5.78 Å². The van der Waals surface area contributed by atoms with E-state index in [4.69, 9.17) is 11.6 Å². The van der Waals surface area contributed by atoms with Gasteiger partial charge in [0.05, 0.1) is 17.4 Å². The Morgan fingerprint density at radius 2 is 2.36 bits per heavy atom. The first-order valence-electron chi connectivity index (χ1n) is 2.79. The molecule has 0 radical (unpaired) electrons. The Morgan fingerprint density at radius 1 is 1.55 bits per heavy atom. The van der Waals surface area contributed by atoms with Gasteiger partial charge in [0.1, 0.15) is 0 Å². The summed E-state index contributed by atoms with van der Waals surface area (Å²) in [5, 5.41) is 4.49. The largest absolute Gasteiger partial charge is 0.253 e. The Labute approximate surface area is 75.3 Å². The summed E-state index contributed by atoms with van der Waals surface area (Å²) in [6.07, 6.45) is 3.17. The summed E-state index contributed by atoms with van der Waals surface area (Å²) in [7, 11) is 0. The van der Waals surface area contributed by atoms with Gasteiger partial charge in [-0.3, -0.25) is 0 Å². The van der Waals surface area contributed by atoms with Crippen LogP contribution in [0.3, 0.4) is 0 Å². The van der Waals surface area contributed by atoms with E-state index < -0.39 is 0 Å². The third-order valence-corrected chi connectivity index (χ3v) is 1.67. The zero-order valence-electron chi connectivity index (χ0n) is 5.20. The van der Waals surface area contributed by atoms with E-state index in [0.717, 1.165) is 0 Å². The Kier molecular flexibility index (Phi) is 1.54. The van der Waals surface area contributed by atoms with E-state index in [-0.39, 0.29) is 0 Å². The minimum atomic E-state index is 0.507. The van der Waals surface area contributed by atoms with Gasteiger partial charge in [-0.25, -0.2) is 9.50 Å². The third kappa shape index (κ3) is 1.21. The van der Waals surface area contributed by atoms with Crippen molar-refractivity contribution in [3.8, 4) is 0 Å². The van der Waals surface area contributed by atoms with Gasteiger partial charge in [-0.15, -0.1) is 5.10 Å². The van der Waals surface area contributed by atoms with Crippen LogP contribution in [0.1, 0.15) is 0 Å². The molecule has 2 heterocycles. The van der Waals surface area contributed by atoms with Crippen LogP contribution < -0.4 is 0 Å². The molecule has 0 unspecified atom stereocenters. The fourth-order valence-corrected chi connectivity index (χ4v) is 1.20. The molecule has 0 saturated heterocycles. The van der Waals surface area contributed by atoms with Gasteiger partial charge in [0.25, 0.3) is 5.78 Å². The lowest BCUT2D eigenvalue weighted by Gasteiger charge is -1.88. The SMILES string of the molecule is Clc1cnc2nc(Br)nn2c1. The Balaban J connectivity index is 2.82. The predicted molar refractivity (Wildman–Crippen MR) is 43.5 cm³/mol. The minimum Gasteiger partial charge on any atom is -0.218 e. The highest BCUT2D eigenvalue weighted by Crippen LogP contribution is 2.08. The van der Waals surface area contributed by atoms with Crippen molar-refractivity contribution in [2.75, 3.05) is 0 Å². The van der Waals surface area contributed by atoms with Crippen LogP contribution in [-0.4, -0.2) is 19.6 Å². The second kappa shape index (κ2) is 2.42. The van der Waals surface area contributed by atoms with Crippen molar-refractivity contribution in [3.05, 3.63) is 22.1 Å². The first-order chi connectivity index (χ1) is 5.25. The van der Waals surface area contributed by atoms with E-state index in [1.165, 1.54) is 10.7 Å². The standard InChI is InChI=1S/C5H2BrClN4/c6-4-9-5-8-1-3(7)2-11(5)10-4/h1-2H. The zero-order valence-corrected chi connectivity index (χ0v) is 7.54. The van der Waals surface area contributed by atoms with Gasteiger partial charge >= 0.3 is 0 Å². The summed E-state index contributed by atoms with van der Waals surface area (Å²) in [6.45, 7) is 0. The molecule has 0 aliphatic rings. The second-order valence-corrected chi connectivity index (χ2v) is 3.04. The smallest absolute Gasteiger partial charge is 0.218 e. The van der Waals surface area contributed by atoms with Gasteiger partial charge < -0.3 is 0 Å². The van der Waals surface area contributed by atoms with Crippen molar-refractivity contribution < 1.29 is 0 Å². The maximum atomic E-state index is 5.66. The Hall–Kier alpha value is -0.680. The molecular formula is C5H2BrClN4. The maximum absolute atomic E-state index is 5.66. The molecule has 0 spiro atoms. The average molecular weight is 233 g/mol. The molecule has 0 N–H and O–H groups in total. The van der Waals surface area contributed by atoms with Gasteiger partial charge in [-0.2, -0.15) is 4.98 Å². The highest BCUT2D eigenvalue weighted by Gasteiger charge is 2.00. The van der Waals surface area contributed by atoms with E-state index in [9.17, 15) is 0 Å². The number of fused-ring (bicyclic) bond motifs is 1. The molecule has 0 amide bonds.